The highest BCUT2D eigenvalue weighted by molar-refractivity contribution is 7.98. The molecule has 1 N–H and O–H groups in total. The largest absolute Gasteiger partial charge is 0.468 e. The molecule has 1 aliphatic carbocycles. The van der Waals surface area contributed by atoms with Crippen LogP contribution in [-0.4, -0.2) is 30.4 Å². The summed E-state index contributed by atoms with van der Waals surface area (Å²) in [5.41, 5.74) is -0.525. The summed E-state index contributed by atoms with van der Waals surface area (Å²) in [7, 11) is 0. The van der Waals surface area contributed by atoms with Crippen molar-refractivity contribution in [1.29, 1.82) is 0 Å². The number of esters is 1. The molecular formula is C16H25NO3S. The predicted molar refractivity (Wildman–Crippen MR) is 85.3 cm³/mol. The van der Waals surface area contributed by atoms with Crippen LogP contribution in [-0.2, 0) is 15.3 Å². The third-order valence-corrected chi connectivity index (χ3v) is 4.91. The minimum Gasteiger partial charge on any atom is -0.468 e. The first-order valence-corrected chi connectivity index (χ1v) is 8.90. The Morgan fingerprint density at radius 3 is 2.90 bits per heavy atom. The van der Waals surface area contributed by atoms with Crippen molar-refractivity contribution in [1.82, 2.24) is 5.32 Å². The topological polar surface area (TPSA) is 51.5 Å². The first-order chi connectivity index (χ1) is 10.2. The predicted octanol–water partition coefficient (Wildman–Crippen LogP) is 3.22. The fourth-order valence-corrected chi connectivity index (χ4v) is 3.75. The van der Waals surface area contributed by atoms with Crippen LogP contribution < -0.4 is 5.32 Å². The second-order valence-electron chi connectivity index (χ2n) is 5.47. The Labute approximate surface area is 131 Å². The van der Waals surface area contributed by atoms with E-state index in [-0.39, 0.29) is 5.97 Å². The van der Waals surface area contributed by atoms with Gasteiger partial charge in [-0.2, -0.15) is 11.8 Å². The van der Waals surface area contributed by atoms with Crippen LogP contribution in [0.1, 0.15) is 38.9 Å². The molecule has 5 heteroatoms. The Bertz CT molecular complexity index is 431. The monoisotopic (exact) mass is 311 g/mol. The quantitative estimate of drug-likeness (QED) is 0.672. The molecule has 0 amide bonds. The van der Waals surface area contributed by atoms with E-state index in [9.17, 15) is 4.79 Å². The molecule has 0 aliphatic heterocycles. The molecule has 2 rings (SSSR count). The van der Waals surface area contributed by atoms with Gasteiger partial charge in [0.2, 0.25) is 0 Å². The van der Waals surface area contributed by atoms with Gasteiger partial charge in [-0.15, -0.1) is 0 Å². The van der Waals surface area contributed by atoms with E-state index in [1.54, 1.807) is 18.0 Å². The Balaban J connectivity index is 2.00. The number of ether oxygens (including phenoxy) is 1. The fraction of sp³-hybridized carbons (Fsp3) is 0.688. The first-order valence-electron chi connectivity index (χ1n) is 7.75. The molecule has 1 aliphatic rings. The van der Waals surface area contributed by atoms with Crippen LogP contribution in [0, 0.1) is 5.92 Å². The summed E-state index contributed by atoms with van der Waals surface area (Å²) in [5, 5.41) is 3.48. The molecule has 1 aromatic heterocycles. The van der Waals surface area contributed by atoms with Gasteiger partial charge in [-0.3, -0.25) is 4.79 Å². The van der Waals surface area contributed by atoms with Crippen LogP contribution in [0.25, 0.3) is 0 Å². The summed E-state index contributed by atoms with van der Waals surface area (Å²) in [4.78, 5) is 12.5. The highest BCUT2D eigenvalue weighted by Gasteiger charge is 2.51. The number of carbonyl (C=O) groups excluding carboxylic acids is 1. The van der Waals surface area contributed by atoms with Crippen molar-refractivity contribution >= 4 is 17.7 Å². The second-order valence-corrected chi connectivity index (χ2v) is 6.45. The van der Waals surface area contributed by atoms with Gasteiger partial charge in [-0.1, -0.05) is 6.92 Å². The molecule has 0 radical (unpaired) electrons. The summed E-state index contributed by atoms with van der Waals surface area (Å²) in [6, 6.07) is 3.86. The number of hydrogen-bond acceptors (Lipinski definition) is 5. The van der Waals surface area contributed by atoms with Crippen molar-refractivity contribution in [2.45, 2.75) is 44.4 Å². The van der Waals surface area contributed by atoms with Gasteiger partial charge in [0, 0.05) is 5.75 Å². The lowest BCUT2D eigenvalue weighted by molar-refractivity contribution is -0.151. The van der Waals surface area contributed by atoms with E-state index in [4.69, 9.17) is 9.15 Å². The molecule has 1 heterocycles. The van der Waals surface area contributed by atoms with Gasteiger partial charge < -0.3 is 14.5 Å². The molecule has 21 heavy (non-hydrogen) atoms. The van der Waals surface area contributed by atoms with Crippen molar-refractivity contribution in [3.8, 4) is 0 Å². The van der Waals surface area contributed by atoms with Crippen molar-refractivity contribution in [2.75, 3.05) is 18.9 Å². The molecule has 0 aromatic carbocycles. The van der Waals surface area contributed by atoms with E-state index in [2.05, 4.69) is 12.2 Å². The first kappa shape index (κ1) is 16.4. The Kier molecular flexibility index (Phi) is 6.18. The summed E-state index contributed by atoms with van der Waals surface area (Å²) < 4.78 is 10.7. The number of carbonyl (C=O) groups is 1. The van der Waals surface area contributed by atoms with Crippen LogP contribution >= 0.6 is 11.8 Å². The molecule has 1 aromatic rings. The van der Waals surface area contributed by atoms with Gasteiger partial charge in [-0.25, -0.2) is 0 Å². The van der Waals surface area contributed by atoms with Crippen LogP contribution in [0.5, 0.6) is 0 Å². The summed E-state index contributed by atoms with van der Waals surface area (Å²) >= 11 is 1.73. The molecule has 1 fully saturated rings. The zero-order valence-corrected chi connectivity index (χ0v) is 13.7. The average Bonchev–Trinajstić information content (AvgIpc) is 3.21. The number of rotatable bonds is 10. The number of hydrogen-bond donors (Lipinski definition) is 1. The highest BCUT2D eigenvalue weighted by atomic mass is 32.2. The molecule has 0 bridgehead atoms. The normalized spacial score (nSPS) is 17.4. The molecule has 118 valence electrons. The lowest BCUT2D eigenvalue weighted by Crippen LogP contribution is -2.57. The maximum absolute atomic E-state index is 12.5. The van der Waals surface area contributed by atoms with E-state index in [0.29, 0.717) is 12.5 Å². The van der Waals surface area contributed by atoms with E-state index in [1.807, 2.05) is 19.1 Å². The third kappa shape index (κ3) is 4.27. The van der Waals surface area contributed by atoms with Gasteiger partial charge in [0.05, 0.1) is 18.6 Å². The summed E-state index contributed by atoms with van der Waals surface area (Å²) in [5.74, 6) is 2.79. The molecule has 1 atom stereocenters. The Hall–Kier alpha value is -0.940. The van der Waals surface area contributed by atoms with Crippen LogP contribution in [0.2, 0.25) is 0 Å². The molecule has 1 saturated carbocycles. The van der Waals surface area contributed by atoms with Gasteiger partial charge >= 0.3 is 5.97 Å². The highest BCUT2D eigenvalue weighted by Crippen LogP contribution is 2.42. The van der Waals surface area contributed by atoms with Gasteiger partial charge in [-0.05, 0) is 50.8 Å². The van der Waals surface area contributed by atoms with Gasteiger partial charge in [0.25, 0.3) is 0 Å². The lowest BCUT2D eigenvalue weighted by Gasteiger charge is -2.32. The lowest BCUT2D eigenvalue weighted by atomic mass is 9.95. The molecule has 0 saturated heterocycles. The standard InChI is InChI=1S/C16H25NO3S/c1-3-9-17-16(13-7-8-13,15(18)19-4-2)12-21-11-14-6-5-10-20-14/h5-6,10,13,17H,3-4,7-9,11-12H2,1-2H3. The SMILES string of the molecule is CCCNC(CSCc1ccco1)(C(=O)OCC)C1CC1. The van der Waals surface area contributed by atoms with Crippen LogP contribution in [0.3, 0.4) is 0 Å². The summed E-state index contributed by atoms with van der Waals surface area (Å²) in [6.45, 7) is 5.26. The van der Waals surface area contributed by atoms with Crippen molar-refractivity contribution < 1.29 is 13.9 Å². The van der Waals surface area contributed by atoms with Crippen molar-refractivity contribution in [3.05, 3.63) is 24.2 Å². The number of nitrogens with one attached hydrogen (secondary N) is 1. The summed E-state index contributed by atoms with van der Waals surface area (Å²) in [6.07, 6.45) is 4.91. The van der Waals surface area contributed by atoms with E-state index >= 15 is 0 Å². The Morgan fingerprint density at radius 1 is 1.52 bits per heavy atom. The molecular weight excluding hydrogens is 286 g/mol. The van der Waals surface area contributed by atoms with E-state index in [0.717, 1.165) is 43.1 Å². The molecule has 4 nitrogen and oxygen atoms in total. The second kappa shape index (κ2) is 7.90. The number of furan rings is 1. The van der Waals surface area contributed by atoms with E-state index in [1.165, 1.54) is 0 Å². The third-order valence-electron chi connectivity index (χ3n) is 3.76. The van der Waals surface area contributed by atoms with Gasteiger partial charge in [0.1, 0.15) is 11.3 Å². The maximum Gasteiger partial charge on any atom is 0.327 e. The fourth-order valence-electron chi connectivity index (χ4n) is 2.50. The number of thioether (sulfide) groups is 1. The van der Waals surface area contributed by atoms with Crippen molar-refractivity contribution in [2.24, 2.45) is 5.92 Å². The average molecular weight is 311 g/mol. The van der Waals surface area contributed by atoms with Gasteiger partial charge in [0.15, 0.2) is 0 Å². The van der Waals surface area contributed by atoms with E-state index < -0.39 is 5.54 Å². The molecule has 1 unspecified atom stereocenters. The van der Waals surface area contributed by atoms with Crippen molar-refractivity contribution in [3.63, 3.8) is 0 Å². The maximum atomic E-state index is 12.5. The minimum absolute atomic E-state index is 0.0899. The zero-order chi connectivity index (χ0) is 15.1. The van der Waals surface area contributed by atoms with Crippen LogP contribution in [0.15, 0.2) is 22.8 Å². The minimum atomic E-state index is -0.525. The molecule has 0 spiro atoms. The van der Waals surface area contributed by atoms with Crippen LogP contribution in [0.4, 0.5) is 0 Å². The Morgan fingerprint density at radius 2 is 2.33 bits per heavy atom. The zero-order valence-electron chi connectivity index (χ0n) is 12.9. The smallest absolute Gasteiger partial charge is 0.327 e.